The summed E-state index contributed by atoms with van der Waals surface area (Å²) in [6.07, 6.45) is 3.34. The minimum absolute atomic E-state index is 0.0543. The summed E-state index contributed by atoms with van der Waals surface area (Å²) in [4.78, 5) is 0.632. The summed E-state index contributed by atoms with van der Waals surface area (Å²) in [6, 6.07) is 7.43. The van der Waals surface area contributed by atoms with Gasteiger partial charge in [0, 0.05) is 16.9 Å². The van der Waals surface area contributed by atoms with Crippen molar-refractivity contribution < 1.29 is 8.78 Å². The molecule has 4 heteroatoms. The Morgan fingerprint density at radius 1 is 1.38 bits per heavy atom. The first-order valence-electron chi connectivity index (χ1n) is 5.42. The van der Waals surface area contributed by atoms with Gasteiger partial charge in [-0.1, -0.05) is 30.3 Å². The van der Waals surface area contributed by atoms with Gasteiger partial charge in [0.25, 0.3) is 5.76 Å². The van der Waals surface area contributed by atoms with Crippen molar-refractivity contribution in [2.45, 2.75) is 35.3 Å². The molecule has 0 atom stereocenters. The maximum atomic E-state index is 12.3. The molecule has 16 heavy (non-hydrogen) atoms. The Bertz CT molecular complexity index is 358. The summed E-state index contributed by atoms with van der Waals surface area (Å²) in [7, 11) is 0. The van der Waals surface area contributed by atoms with Gasteiger partial charge in [0.05, 0.1) is 0 Å². The first-order valence-corrected chi connectivity index (χ1v) is 6.30. The zero-order valence-electron chi connectivity index (χ0n) is 8.96. The molecule has 1 fully saturated rings. The first-order chi connectivity index (χ1) is 7.66. The molecule has 1 aromatic rings. The summed E-state index contributed by atoms with van der Waals surface area (Å²) >= 11 is 0.600. The molecule has 0 spiro atoms. The fourth-order valence-corrected chi connectivity index (χ4v) is 2.77. The second-order valence-corrected chi connectivity index (χ2v) is 5.31. The van der Waals surface area contributed by atoms with E-state index < -0.39 is 5.76 Å². The highest BCUT2D eigenvalue weighted by atomic mass is 32.2. The molecular formula is C12H15F2NS. The highest BCUT2D eigenvalue weighted by Crippen LogP contribution is 2.43. The minimum atomic E-state index is -2.36. The van der Waals surface area contributed by atoms with Gasteiger partial charge in [0.2, 0.25) is 0 Å². The highest BCUT2D eigenvalue weighted by Gasteiger charge is 2.37. The molecule has 0 aliphatic heterocycles. The van der Waals surface area contributed by atoms with Crippen LogP contribution in [-0.4, -0.2) is 12.3 Å². The quantitative estimate of drug-likeness (QED) is 0.820. The van der Waals surface area contributed by atoms with E-state index in [4.69, 9.17) is 5.73 Å². The van der Waals surface area contributed by atoms with E-state index in [0.717, 1.165) is 18.4 Å². The van der Waals surface area contributed by atoms with Gasteiger partial charge in [0.15, 0.2) is 0 Å². The number of halogens is 2. The molecule has 2 N–H and O–H groups in total. The van der Waals surface area contributed by atoms with Crippen LogP contribution in [0.25, 0.3) is 0 Å². The summed E-state index contributed by atoms with van der Waals surface area (Å²) in [5, 5.41) is 0. The Kier molecular flexibility index (Phi) is 3.50. The Morgan fingerprint density at radius 3 is 2.62 bits per heavy atom. The van der Waals surface area contributed by atoms with Gasteiger partial charge in [-0.2, -0.15) is 8.78 Å². The zero-order chi connectivity index (χ0) is 11.6. The van der Waals surface area contributed by atoms with E-state index in [-0.39, 0.29) is 5.41 Å². The largest absolute Gasteiger partial charge is 0.330 e. The topological polar surface area (TPSA) is 26.0 Å². The number of benzene rings is 1. The normalized spacial score (nSPS) is 18.5. The van der Waals surface area contributed by atoms with Crippen LogP contribution in [0, 0.1) is 0 Å². The van der Waals surface area contributed by atoms with Crippen molar-refractivity contribution in [3.8, 4) is 0 Å². The summed E-state index contributed by atoms with van der Waals surface area (Å²) in [6.45, 7) is 0.607. The van der Waals surface area contributed by atoms with Crippen LogP contribution < -0.4 is 5.73 Å². The highest BCUT2D eigenvalue weighted by molar-refractivity contribution is 7.99. The third kappa shape index (κ3) is 2.23. The maximum absolute atomic E-state index is 12.3. The number of hydrogen-bond donors (Lipinski definition) is 1. The SMILES string of the molecule is NCC1(c2cccc(SC(F)F)c2)CCC1. The maximum Gasteiger partial charge on any atom is 0.288 e. The fraction of sp³-hybridized carbons (Fsp3) is 0.500. The van der Waals surface area contributed by atoms with Crippen LogP contribution in [0.2, 0.25) is 0 Å². The first kappa shape index (κ1) is 11.9. The number of thioether (sulfide) groups is 1. The molecule has 2 rings (SSSR count). The Morgan fingerprint density at radius 2 is 2.12 bits per heavy atom. The van der Waals surface area contributed by atoms with Crippen LogP contribution >= 0.6 is 11.8 Å². The standard InChI is InChI=1S/C12H15F2NS/c13-11(14)16-10-4-1-3-9(7-10)12(8-15)5-2-6-12/h1,3-4,7,11H,2,5-6,8,15H2. The van der Waals surface area contributed by atoms with Crippen LogP contribution in [-0.2, 0) is 5.41 Å². The van der Waals surface area contributed by atoms with E-state index in [9.17, 15) is 8.78 Å². The lowest BCUT2D eigenvalue weighted by atomic mass is 9.64. The lowest BCUT2D eigenvalue weighted by molar-refractivity contribution is 0.250. The van der Waals surface area contributed by atoms with Crippen LogP contribution in [0.3, 0.4) is 0 Å². The number of hydrogen-bond acceptors (Lipinski definition) is 2. The van der Waals surface area contributed by atoms with Gasteiger partial charge in [-0.05, 0) is 30.5 Å². The molecule has 1 nitrogen and oxygen atoms in total. The molecule has 1 aliphatic carbocycles. The Hall–Kier alpha value is -0.610. The van der Waals surface area contributed by atoms with E-state index in [2.05, 4.69) is 0 Å². The van der Waals surface area contributed by atoms with E-state index in [1.54, 1.807) is 6.07 Å². The van der Waals surface area contributed by atoms with Crippen molar-refractivity contribution in [2.75, 3.05) is 6.54 Å². The number of alkyl halides is 2. The molecule has 0 bridgehead atoms. The molecule has 0 aromatic heterocycles. The van der Waals surface area contributed by atoms with Crippen LogP contribution in [0.4, 0.5) is 8.78 Å². The van der Waals surface area contributed by atoms with Gasteiger partial charge in [-0.15, -0.1) is 0 Å². The van der Waals surface area contributed by atoms with Crippen LogP contribution in [0.15, 0.2) is 29.2 Å². The predicted molar refractivity (Wildman–Crippen MR) is 62.9 cm³/mol. The third-order valence-electron chi connectivity index (χ3n) is 3.37. The Balaban J connectivity index is 2.21. The number of rotatable bonds is 4. The predicted octanol–water partition coefficient (Wildman–Crippen LogP) is 3.38. The van der Waals surface area contributed by atoms with Crippen molar-refractivity contribution in [1.82, 2.24) is 0 Å². The lowest BCUT2D eigenvalue weighted by Gasteiger charge is -2.41. The fourth-order valence-electron chi connectivity index (χ4n) is 2.22. The van der Waals surface area contributed by atoms with Gasteiger partial charge in [-0.25, -0.2) is 0 Å². The molecule has 0 saturated heterocycles. The molecule has 88 valence electrons. The van der Waals surface area contributed by atoms with Crippen molar-refractivity contribution in [1.29, 1.82) is 0 Å². The molecule has 1 aliphatic rings. The van der Waals surface area contributed by atoms with Gasteiger partial charge in [0.1, 0.15) is 0 Å². The van der Waals surface area contributed by atoms with E-state index in [1.165, 1.54) is 6.42 Å². The lowest BCUT2D eigenvalue weighted by Crippen LogP contribution is -2.41. The minimum Gasteiger partial charge on any atom is -0.330 e. The third-order valence-corrected chi connectivity index (χ3v) is 4.08. The molecule has 0 heterocycles. The molecular weight excluding hydrogens is 228 g/mol. The van der Waals surface area contributed by atoms with Gasteiger partial charge >= 0.3 is 0 Å². The van der Waals surface area contributed by atoms with Crippen molar-refractivity contribution in [2.24, 2.45) is 5.73 Å². The molecule has 0 radical (unpaired) electrons. The van der Waals surface area contributed by atoms with E-state index >= 15 is 0 Å². The van der Waals surface area contributed by atoms with Crippen LogP contribution in [0.1, 0.15) is 24.8 Å². The second kappa shape index (κ2) is 4.72. The Labute approximate surface area is 98.4 Å². The van der Waals surface area contributed by atoms with Crippen LogP contribution in [0.5, 0.6) is 0 Å². The molecule has 1 aromatic carbocycles. The van der Waals surface area contributed by atoms with Crippen molar-refractivity contribution >= 4 is 11.8 Å². The van der Waals surface area contributed by atoms with E-state index in [0.29, 0.717) is 23.2 Å². The monoisotopic (exact) mass is 243 g/mol. The van der Waals surface area contributed by atoms with Crippen molar-refractivity contribution in [3.05, 3.63) is 29.8 Å². The van der Waals surface area contributed by atoms with Gasteiger partial charge in [-0.3, -0.25) is 0 Å². The second-order valence-electron chi connectivity index (χ2n) is 4.24. The smallest absolute Gasteiger partial charge is 0.288 e. The average molecular weight is 243 g/mol. The summed E-state index contributed by atoms with van der Waals surface area (Å²) in [5.41, 5.74) is 6.97. The van der Waals surface area contributed by atoms with E-state index in [1.807, 2.05) is 18.2 Å². The molecule has 1 saturated carbocycles. The molecule has 0 unspecified atom stereocenters. The summed E-state index contributed by atoms with van der Waals surface area (Å²) < 4.78 is 24.5. The van der Waals surface area contributed by atoms with Gasteiger partial charge < -0.3 is 5.73 Å². The zero-order valence-corrected chi connectivity index (χ0v) is 9.77. The van der Waals surface area contributed by atoms with Crippen molar-refractivity contribution in [3.63, 3.8) is 0 Å². The molecule has 0 amide bonds. The number of nitrogens with two attached hydrogens (primary N) is 1. The average Bonchev–Trinajstić information content (AvgIpc) is 2.16. The summed E-state index contributed by atoms with van der Waals surface area (Å²) in [5.74, 6) is -2.36.